The van der Waals surface area contributed by atoms with Crippen molar-refractivity contribution >= 4 is 17.2 Å². The molecular formula is C13H21N3O2S. The lowest BCUT2D eigenvalue weighted by Crippen LogP contribution is -2.54. The molecule has 1 aromatic heterocycles. The van der Waals surface area contributed by atoms with E-state index in [-0.39, 0.29) is 18.6 Å². The first-order chi connectivity index (χ1) is 9.02. The number of piperazine rings is 1. The van der Waals surface area contributed by atoms with E-state index in [2.05, 4.69) is 23.7 Å². The molecule has 1 amide bonds. The van der Waals surface area contributed by atoms with Crippen molar-refractivity contribution in [2.24, 2.45) is 0 Å². The molecule has 5 nitrogen and oxygen atoms in total. The van der Waals surface area contributed by atoms with Crippen LogP contribution in [0.4, 0.5) is 0 Å². The van der Waals surface area contributed by atoms with Gasteiger partial charge in [0.05, 0.1) is 18.3 Å². The van der Waals surface area contributed by atoms with Crippen LogP contribution in [0, 0.1) is 0 Å². The number of aliphatic hydroxyl groups excluding tert-OH is 1. The average molecular weight is 283 g/mol. The minimum atomic E-state index is -0.0107. The molecule has 1 N–H and O–H groups in total. The van der Waals surface area contributed by atoms with Crippen molar-refractivity contribution < 1.29 is 9.90 Å². The van der Waals surface area contributed by atoms with Crippen LogP contribution in [0.1, 0.15) is 35.3 Å². The van der Waals surface area contributed by atoms with E-state index in [1.807, 2.05) is 12.4 Å². The van der Waals surface area contributed by atoms with E-state index in [0.29, 0.717) is 24.0 Å². The number of hydrogen-bond donors (Lipinski definition) is 1. The first kappa shape index (κ1) is 14.4. The summed E-state index contributed by atoms with van der Waals surface area (Å²) in [4.78, 5) is 20.7. The Morgan fingerprint density at radius 2 is 2.32 bits per heavy atom. The zero-order chi connectivity index (χ0) is 14.0. The number of thiazole rings is 1. The molecule has 1 aliphatic rings. The molecule has 1 aliphatic heterocycles. The van der Waals surface area contributed by atoms with Gasteiger partial charge < -0.3 is 10.0 Å². The van der Waals surface area contributed by atoms with Crippen LogP contribution in [0.3, 0.4) is 0 Å². The van der Waals surface area contributed by atoms with Gasteiger partial charge in [-0.25, -0.2) is 4.98 Å². The predicted molar refractivity (Wildman–Crippen MR) is 75.6 cm³/mol. The van der Waals surface area contributed by atoms with Crippen LogP contribution in [-0.4, -0.2) is 65.1 Å². The summed E-state index contributed by atoms with van der Waals surface area (Å²) in [6.45, 7) is 6.28. The average Bonchev–Trinajstić information content (AvgIpc) is 2.88. The Labute approximate surface area is 117 Å². The maximum absolute atomic E-state index is 12.4. The van der Waals surface area contributed by atoms with Crippen LogP contribution in [-0.2, 0) is 0 Å². The number of carbonyl (C=O) groups is 1. The fourth-order valence-corrected chi connectivity index (χ4v) is 3.06. The molecule has 0 radical (unpaired) electrons. The monoisotopic (exact) mass is 283 g/mol. The Kier molecular flexibility index (Phi) is 4.54. The number of aromatic nitrogens is 1. The molecule has 0 aliphatic carbocycles. The van der Waals surface area contributed by atoms with Gasteiger partial charge in [0.25, 0.3) is 5.91 Å². The summed E-state index contributed by atoms with van der Waals surface area (Å²) in [5, 5.41) is 11.8. The van der Waals surface area contributed by atoms with Gasteiger partial charge in [0.1, 0.15) is 0 Å². The summed E-state index contributed by atoms with van der Waals surface area (Å²) < 4.78 is 0. The number of nitrogens with zero attached hydrogens (tertiary/aromatic N) is 3. The smallest absolute Gasteiger partial charge is 0.282 e. The lowest BCUT2D eigenvalue weighted by atomic mass is 10.2. The first-order valence-electron chi connectivity index (χ1n) is 6.58. The van der Waals surface area contributed by atoms with Crippen molar-refractivity contribution in [3.05, 3.63) is 16.1 Å². The Balaban J connectivity index is 2.06. The van der Waals surface area contributed by atoms with E-state index in [9.17, 15) is 9.90 Å². The Hall–Kier alpha value is -0.980. The molecule has 0 saturated carbocycles. The zero-order valence-electron chi connectivity index (χ0n) is 11.7. The van der Waals surface area contributed by atoms with E-state index in [1.54, 1.807) is 4.90 Å². The molecule has 0 spiro atoms. The van der Waals surface area contributed by atoms with Gasteiger partial charge in [0.2, 0.25) is 0 Å². The summed E-state index contributed by atoms with van der Waals surface area (Å²) >= 11 is 1.41. The quantitative estimate of drug-likeness (QED) is 0.899. The summed E-state index contributed by atoms with van der Waals surface area (Å²) in [5.74, 6) is 0.332. The van der Waals surface area contributed by atoms with Crippen LogP contribution in [0.5, 0.6) is 0 Å². The van der Waals surface area contributed by atoms with Gasteiger partial charge in [0, 0.05) is 25.0 Å². The minimum absolute atomic E-state index is 0.0107. The fraction of sp³-hybridized carbons (Fsp3) is 0.692. The second-order valence-corrected chi connectivity index (χ2v) is 6.16. The molecule has 0 bridgehead atoms. The Morgan fingerprint density at radius 1 is 1.58 bits per heavy atom. The molecule has 1 aromatic rings. The van der Waals surface area contributed by atoms with Gasteiger partial charge in [-0.2, -0.15) is 0 Å². The third-order valence-corrected chi connectivity index (χ3v) is 4.42. The van der Waals surface area contributed by atoms with E-state index in [0.717, 1.165) is 12.2 Å². The molecule has 106 valence electrons. The van der Waals surface area contributed by atoms with Crippen LogP contribution < -0.4 is 0 Å². The molecule has 1 fully saturated rings. The summed E-state index contributed by atoms with van der Waals surface area (Å²) in [7, 11) is 1.98. The molecule has 6 heteroatoms. The number of amides is 1. The molecule has 1 atom stereocenters. The predicted octanol–water partition coefficient (Wildman–Crippen LogP) is 1.01. The molecule has 2 rings (SSSR count). The van der Waals surface area contributed by atoms with Gasteiger partial charge in [-0.1, -0.05) is 13.8 Å². The first-order valence-corrected chi connectivity index (χ1v) is 7.46. The van der Waals surface area contributed by atoms with Gasteiger partial charge in [-0.15, -0.1) is 11.3 Å². The van der Waals surface area contributed by atoms with Crippen LogP contribution in [0.2, 0.25) is 0 Å². The fourth-order valence-electron chi connectivity index (χ4n) is 2.11. The lowest BCUT2D eigenvalue weighted by molar-refractivity contribution is 0.0420. The lowest BCUT2D eigenvalue weighted by Gasteiger charge is -2.38. The number of rotatable bonds is 3. The Bertz CT molecular complexity index is 447. The second kappa shape index (κ2) is 5.98. The van der Waals surface area contributed by atoms with Crippen LogP contribution in [0.25, 0.3) is 0 Å². The van der Waals surface area contributed by atoms with Gasteiger partial charge in [0.15, 0.2) is 5.01 Å². The third-order valence-electron chi connectivity index (χ3n) is 3.57. The normalized spacial score (nSPS) is 21.1. The summed E-state index contributed by atoms with van der Waals surface area (Å²) in [5.41, 5.74) is 0.973. The van der Waals surface area contributed by atoms with Gasteiger partial charge in [-0.05, 0) is 13.0 Å². The highest BCUT2D eigenvalue weighted by atomic mass is 32.1. The standard InChI is InChI=1S/C13H21N3O2S/c1-9(2)11-8-19-12(14-11)13(18)16-5-4-15(3)10(6-16)7-17/h8-10,17H,4-7H2,1-3H3. The maximum atomic E-state index is 12.4. The van der Waals surface area contributed by atoms with E-state index in [4.69, 9.17) is 0 Å². The van der Waals surface area contributed by atoms with Gasteiger partial charge >= 0.3 is 0 Å². The van der Waals surface area contributed by atoms with Crippen molar-refractivity contribution in [1.82, 2.24) is 14.8 Å². The molecule has 1 saturated heterocycles. The highest BCUT2D eigenvalue weighted by molar-refractivity contribution is 7.11. The van der Waals surface area contributed by atoms with Gasteiger partial charge in [-0.3, -0.25) is 9.69 Å². The number of hydrogen-bond acceptors (Lipinski definition) is 5. The van der Waals surface area contributed by atoms with Crippen molar-refractivity contribution in [3.8, 4) is 0 Å². The maximum Gasteiger partial charge on any atom is 0.282 e. The van der Waals surface area contributed by atoms with E-state index < -0.39 is 0 Å². The van der Waals surface area contributed by atoms with E-state index in [1.165, 1.54) is 11.3 Å². The van der Waals surface area contributed by atoms with Crippen LogP contribution >= 0.6 is 11.3 Å². The van der Waals surface area contributed by atoms with Crippen molar-refractivity contribution in [3.63, 3.8) is 0 Å². The molecule has 19 heavy (non-hydrogen) atoms. The molecule has 0 aromatic carbocycles. The number of aliphatic hydroxyl groups is 1. The number of carbonyl (C=O) groups excluding carboxylic acids is 1. The summed E-state index contributed by atoms with van der Waals surface area (Å²) in [6.07, 6.45) is 0. The SMILES string of the molecule is CC(C)c1csc(C(=O)N2CCN(C)C(CO)C2)n1. The highest BCUT2D eigenvalue weighted by Crippen LogP contribution is 2.20. The third kappa shape index (κ3) is 3.13. The topological polar surface area (TPSA) is 56.7 Å². The highest BCUT2D eigenvalue weighted by Gasteiger charge is 2.28. The zero-order valence-corrected chi connectivity index (χ0v) is 12.5. The van der Waals surface area contributed by atoms with Crippen LogP contribution in [0.15, 0.2) is 5.38 Å². The summed E-state index contributed by atoms with van der Waals surface area (Å²) in [6, 6.07) is 0.0298. The molecule has 1 unspecified atom stereocenters. The molecular weight excluding hydrogens is 262 g/mol. The van der Waals surface area contributed by atoms with Crippen molar-refractivity contribution in [2.75, 3.05) is 33.3 Å². The van der Waals surface area contributed by atoms with Crippen molar-refractivity contribution in [2.45, 2.75) is 25.8 Å². The van der Waals surface area contributed by atoms with E-state index >= 15 is 0 Å². The van der Waals surface area contributed by atoms with Crippen molar-refractivity contribution in [1.29, 1.82) is 0 Å². The second-order valence-electron chi connectivity index (χ2n) is 5.30. The molecule has 2 heterocycles. The Morgan fingerprint density at radius 3 is 2.89 bits per heavy atom. The number of likely N-dealkylation sites (N-methyl/N-ethyl adjacent to an activating group) is 1. The minimum Gasteiger partial charge on any atom is -0.395 e. The largest absolute Gasteiger partial charge is 0.395 e.